The first-order chi connectivity index (χ1) is 11.5. The minimum atomic E-state index is -3.26. The molecule has 0 saturated heterocycles. The SMILES string of the molecule is CCCS(=O)(=O)N1Cc2c(-c3nc(CCOC)no3)nn(C)c2C1. The molecule has 24 heavy (non-hydrogen) atoms. The molecule has 0 fully saturated rings. The van der Waals surface area contributed by atoms with Gasteiger partial charge in [0, 0.05) is 32.7 Å². The molecule has 2 aromatic heterocycles. The Morgan fingerprint density at radius 3 is 2.83 bits per heavy atom. The maximum atomic E-state index is 12.3. The third-order valence-corrected chi connectivity index (χ3v) is 5.96. The second kappa shape index (κ2) is 6.61. The average Bonchev–Trinajstić information content (AvgIpc) is 3.22. The van der Waals surface area contributed by atoms with Crippen molar-refractivity contribution in [3.63, 3.8) is 0 Å². The van der Waals surface area contributed by atoms with Crippen LogP contribution in [-0.2, 0) is 41.3 Å². The zero-order valence-corrected chi connectivity index (χ0v) is 14.8. The van der Waals surface area contributed by atoms with Gasteiger partial charge in [0.05, 0.1) is 24.6 Å². The quantitative estimate of drug-likeness (QED) is 0.720. The van der Waals surface area contributed by atoms with E-state index in [-0.39, 0.29) is 12.3 Å². The van der Waals surface area contributed by atoms with Crippen molar-refractivity contribution in [1.29, 1.82) is 0 Å². The van der Waals surface area contributed by atoms with Gasteiger partial charge in [0.1, 0.15) is 0 Å². The van der Waals surface area contributed by atoms with E-state index in [1.165, 1.54) is 4.31 Å². The number of aromatic nitrogens is 4. The lowest BCUT2D eigenvalue weighted by Gasteiger charge is -2.15. The van der Waals surface area contributed by atoms with Crippen molar-refractivity contribution in [2.24, 2.45) is 7.05 Å². The molecule has 9 nitrogen and oxygen atoms in total. The zero-order valence-electron chi connectivity index (χ0n) is 14.0. The molecule has 0 saturated carbocycles. The average molecular weight is 355 g/mol. The summed E-state index contributed by atoms with van der Waals surface area (Å²) in [4.78, 5) is 4.33. The number of hydrogen-bond acceptors (Lipinski definition) is 7. The van der Waals surface area contributed by atoms with Gasteiger partial charge in [-0.1, -0.05) is 12.1 Å². The van der Waals surface area contributed by atoms with Crippen molar-refractivity contribution in [3.8, 4) is 11.6 Å². The fourth-order valence-corrected chi connectivity index (χ4v) is 4.19. The molecule has 2 aromatic rings. The highest BCUT2D eigenvalue weighted by molar-refractivity contribution is 7.89. The van der Waals surface area contributed by atoms with Crippen LogP contribution >= 0.6 is 0 Å². The van der Waals surface area contributed by atoms with Gasteiger partial charge in [0.25, 0.3) is 5.89 Å². The van der Waals surface area contributed by atoms with Gasteiger partial charge in [-0.05, 0) is 6.42 Å². The molecule has 0 radical (unpaired) electrons. The molecular weight excluding hydrogens is 334 g/mol. The maximum Gasteiger partial charge on any atom is 0.278 e. The Hall–Kier alpha value is -1.78. The predicted octanol–water partition coefficient (Wildman–Crippen LogP) is 0.714. The fraction of sp³-hybridized carbons (Fsp3) is 0.643. The van der Waals surface area contributed by atoms with Crippen molar-refractivity contribution in [2.75, 3.05) is 19.5 Å². The number of methoxy groups -OCH3 is 1. The Bertz CT molecular complexity index is 826. The number of hydrogen-bond donors (Lipinski definition) is 0. The van der Waals surface area contributed by atoms with Gasteiger partial charge in [-0.3, -0.25) is 4.68 Å². The normalized spacial score (nSPS) is 15.1. The van der Waals surface area contributed by atoms with Crippen LogP contribution in [0, 0.1) is 0 Å². The Labute approximate surface area is 140 Å². The summed E-state index contributed by atoms with van der Waals surface area (Å²) in [5.41, 5.74) is 2.25. The van der Waals surface area contributed by atoms with Crippen LogP contribution in [0.15, 0.2) is 4.52 Å². The molecule has 0 N–H and O–H groups in total. The standard InChI is InChI=1S/C14H21N5O4S/c1-4-7-24(20,21)19-8-10-11(9-19)18(2)16-13(10)14-15-12(17-23-14)5-6-22-3/h4-9H2,1-3H3. The third-order valence-electron chi connectivity index (χ3n) is 3.99. The number of aryl methyl sites for hydroxylation is 1. The summed E-state index contributed by atoms with van der Waals surface area (Å²) >= 11 is 0. The molecule has 1 aliphatic rings. The predicted molar refractivity (Wildman–Crippen MR) is 85.4 cm³/mol. The summed E-state index contributed by atoms with van der Waals surface area (Å²) < 4.78 is 38.1. The van der Waals surface area contributed by atoms with Gasteiger partial charge in [-0.15, -0.1) is 0 Å². The van der Waals surface area contributed by atoms with Crippen LogP contribution in [0.2, 0.25) is 0 Å². The van der Waals surface area contributed by atoms with Gasteiger partial charge in [0.2, 0.25) is 10.0 Å². The molecule has 10 heteroatoms. The van der Waals surface area contributed by atoms with E-state index in [2.05, 4.69) is 15.2 Å². The lowest BCUT2D eigenvalue weighted by Crippen LogP contribution is -2.28. The van der Waals surface area contributed by atoms with Crippen LogP contribution in [0.4, 0.5) is 0 Å². The second-order valence-electron chi connectivity index (χ2n) is 5.74. The Kier molecular flexibility index (Phi) is 4.70. The van der Waals surface area contributed by atoms with Crippen molar-refractivity contribution in [1.82, 2.24) is 24.2 Å². The summed E-state index contributed by atoms with van der Waals surface area (Å²) in [6.45, 7) is 2.97. The van der Waals surface area contributed by atoms with E-state index >= 15 is 0 Å². The first-order valence-corrected chi connectivity index (χ1v) is 9.41. The summed E-state index contributed by atoms with van der Waals surface area (Å²) in [5.74, 6) is 0.998. The van der Waals surface area contributed by atoms with E-state index in [0.717, 1.165) is 11.3 Å². The molecule has 0 unspecified atom stereocenters. The van der Waals surface area contributed by atoms with Crippen molar-refractivity contribution in [2.45, 2.75) is 32.9 Å². The molecule has 132 valence electrons. The molecule has 0 bridgehead atoms. The smallest absolute Gasteiger partial charge is 0.278 e. The van der Waals surface area contributed by atoms with E-state index in [1.807, 2.05) is 6.92 Å². The van der Waals surface area contributed by atoms with Gasteiger partial charge >= 0.3 is 0 Å². The molecule has 0 aromatic carbocycles. The molecule has 1 aliphatic heterocycles. The van der Waals surface area contributed by atoms with Crippen molar-refractivity contribution < 1.29 is 17.7 Å². The number of ether oxygens (including phenoxy) is 1. The van der Waals surface area contributed by atoms with E-state index in [9.17, 15) is 8.42 Å². The minimum Gasteiger partial charge on any atom is -0.384 e. The minimum absolute atomic E-state index is 0.144. The van der Waals surface area contributed by atoms with Crippen LogP contribution < -0.4 is 0 Å². The first-order valence-electron chi connectivity index (χ1n) is 7.80. The topological polar surface area (TPSA) is 103 Å². The van der Waals surface area contributed by atoms with E-state index < -0.39 is 10.0 Å². The highest BCUT2D eigenvalue weighted by Gasteiger charge is 2.35. The van der Waals surface area contributed by atoms with Gasteiger partial charge in [-0.25, -0.2) is 8.42 Å². The lowest BCUT2D eigenvalue weighted by molar-refractivity contribution is 0.199. The third kappa shape index (κ3) is 3.08. The van der Waals surface area contributed by atoms with Crippen LogP contribution in [0.3, 0.4) is 0 Å². The monoisotopic (exact) mass is 355 g/mol. The Balaban J connectivity index is 1.87. The molecular formula is C14H21N5O4S. The second-order valence-corrected chi connectivity index (χ2v) is 7.83. The Morgan fingerprint density at radius 2 is 2.12 bits per heavy atom. The summed E-state index contributed by atoms with van der Waals surface area (Å²) in [5, 5.41) is 8.34. The van der Waals surface area contributed by atoms with Gasteiger partial charge in [0.15, 0.2) is 11.5 Å². The van der Waals surface area contributed by atoms with E-state index in [1.54, 1.807) is 18.8 Å². The molecule has 0 spiro atoms. The van der Waals surface area contributed by atoms with Gasteiger partial charge in [-0.2, -0.15) is 14.4 Å². The van der Waals surface area contributed by atoms with Crippen molar-refractivity contribution >= 4 is 10.0 Å². The number of nitrogens with zero attached hydrogens (tertiary/aromatic N) is 5. The summed E-state index contributed by atoms with van der Waals surface area (Å²) in [6.07, 6.45) is 1.14. The first kappa shape index (κ1) is 17.1. The number of rotatable bonds is 7. The highest BCUT2D eigenvalue weighted by Crippen LogP contribution is 2.32. The highest BCUT2D eigenvalue weighted by atomic mass is 32.2. The molecule has 3 rings (SSSR count). The van der Waals surface area contributed by atoms with Crippen LogP contribution in [0.1, 0.15) is 30.4 Å². The van der Waals surface area contributed by atoms with E-state index in [4.69, 9.17) is 9.26 Å². The lowest BCUT2D eigenvalue weighted by atomic mass is 10.2. The van der Waals surface area contributed by atoms with Crippen molar-refractivity contribution in [3.05, 3.63) is 17.1 Å². The molecule has 0 amide bonds. The number of sulfonamides is 1. The molecule has 3 heterocycles. The van der Waals surface area contributed by atoms with Crippen LogP contribution in [-0.4, -0.2) is 52.1 Å². The maximum absolute atomic E-state index is 12.3. The summed E-state index contributed by atoms with van der Waals surface area (Å²) in [6, 6.07) is 0. The summed E-state index contributed by atoms with van der Waals surface area (Å²) in [7, 11) is 0.140. The molecule has 0 aliphatic carbocycles. The Morgan fingerprint density at radius 1 is 1.33 bits per heavy atom. The fourth-order valence-electron chi connectivity index (χ4n) is 2.77. The van der Waals surface area contributed by atoms with Gasteiger partial charge < -0.3 is 9.26 Å². The van der Waals surface area contributed by atoms with Crippen LogP contribution in [0.5, 0.6) is 0 Å². The van der Waals surface area contributed by atoms with Crippen LogP contribution in [0.25, 0.3) is 11.6 Å². The largest absolute Gasteiger partial charge is 0.384 e. The number of fused-ring (bicyclic) bond motifs is 1. The molecule has 0 atom stereocenters. The zero-order chi connectivity index (χ0) is 17.3. The van der Waals surface area contributed by atoms with E-state index in [0.29, 0.717) is 43.4 Å².